The summed E-state index contributed by atoms with van der Waals surface area (Å²) >= 11 is 0. The number of benzene rings is 3. The van der Waals surface area contributed by atoms with Crippen LogP contribution in [0, 0.1) is 11.6 Å². The summed E-state index contributed by atoms with van der Waals surface area (Å²) in [6.07, 6.45) is 0.938. The maximum absolute atomic E-state index is 14.8. The first-order valence-electron chi connectivity index (χ1n) is 12.4. The van der Waals surface area contributed by atoms with Gasteiger partial charge in [-0.2, -0.15) is 0 Å². The van der Waals surface area contributed by atoms with Crippen molar-refractivity contribution in [3.05, 3.63) is 95.1 Å². The number of hydrogen-bond acceptors (Lipinski definition) is 5. The topological polar surface area (TPSA) is 79.8 Å². The second-order valence-electron chi connectivity index (χ2n) is 9.18. The second kappa shape index (κ2) is 12.8. The highest BCUT2D eigenvalue weighted by Gasteiger charge is 2.23. The third-order valence-corrected chi connectivity index (χ3v) is 6.68. The third kappa shape index (κ3) is 7.13. The van der Waals surface area contributed by atoms with Crippen molar-refractivity contribution < 1.29 is 28.2 Å². The molecule has 1 aliphatic heterocycles. The number of carbonyl (C=O) groups excluding carboxylic acids is 1. The predicted octanol–water partition coefficient (Wildman–Crippen LogP) is 4.42. The lowest BCUT2D eigenvalue weighted by Crippen LogP contribution is -2.48. The van der Waals surface area contributed by atoms with Crippen molar-refractivity contribution in [2.24, 2.45) is 0 Å². The Morgan fingerprint density at radius 2 is 1.81 bits per heavy atom. The van der Waals surface area contributed by atoms with E-state index < -0.39 is 0 Å². The van der Waals surface area contributed by atoms with Gasteiger partial charge >= 0.3 is 0 Å². The van der Waals surface area contributed by atoms with E-state index >= 15 is 0 Å². The van der Waals surface area contributed by atoms with Gasteiger partial charge in [-0.3, -0.25) is 4.79 Å². The van der Waals surface area contributed by atoms with Crippen molar-refractivity contribution in [1.29, 1.82) is 0 Å². The number of rotatable bonds is 10. The van der Waals surface area contributed by atoms with Crippen LogP contribution in [-0.4, -0.2) is 50.0 Å². The number of methoxy groups -OCH3 is 1. The van der Waals surface area contributed by atoms with Gasteiger partial charge in [0.2, 0.25) is 5.91 Å². The first-order chi connectivity index (χ1) is 18.0. The van der Waals surface area contributed by atoms with Crippen LogP contribution in [0.15, 0.2) is 66.7 Å². The average molecular weight is 511 g/mol. The first kappa shape index (κ1) is 26.7. The molecule has 3 atom stereocenters. The van der Waals surface area contributed by atoms with Crippen LogP contribution in [0.2, 0.25) is 0 Å². The van der Waals surface area contributed by atoms with Crippen molar-refractivity contribution in [1.82, 2.24) is 5.32 Å². The number of amides is 1. The Balaban J connectivity index is 1.47. The Labute approximate surface area is 215 Å². The largest absolute Gasteiger partial charge is 0.497 e. The van der Waals surface area contributed by atoms with Gasteiger partial charge in [0.15, 0.2) is 0 Å². The fourth-order valence-electron chi connectivity index (χ4n) is 4.55. The summed E-state index contributed by atoms with van der Waals surface area (Å²) in [5.74, 6) is -0.655. The van der Waals surface area contributed by atoms with Crippen molar-refractivity contribution in [2.75, 3.05) is 32.2 Å². The van der Waals surface area contributed by atoms with Gasteiger partial charge in [0.05, 0.1) is 32.5 Å². The number of aliphatic hydroxyl groups excluding tert-OH is 1. The van der Waals surface area contributed by atoms with Crippen LogP contribution in [0.3, 0.4) is 0 Å². The van der Waals surface area contributed by atoms with Gasteiger partial charge in [0.25, 0.3) is 0 Å². The first-order valence-corrected chi connectivity index (χ1v) is 12.4. The van der Waals surface area contributed by atoms with Crippen LogP contribution in [0.1, 0.15) is 35.4 Å². The summed E-state index contributed by atoms with van der Waals surface area (Å²) in [4.78, 5) is 13.2. The van der Waals surface area contributed by atoms with Crippen LogP contribution in [0.4, 0.5) is 14.5 Å². The van der Waals surface area contributed by atoms with E-state index in [-0.39, 0.29) is 48.6 Å². The van der Waals surface area contributed by atoms with E-state index in [9.17, 15) is 18.7 Å². The molecular weight excluding hydrogens is 478 g/mol. The number of halogens is 2. The minimum absolute atomic E-state index is 0.00561. The zero-order valence-electron chi connectivity index (χ0n) is 20.8. The molecule has 3 N–H and O–H groups in total. The molecule has 1 saturated heterocycles. The molecule has 1 amide bonds. The lowest BCUT2D eigenvalue weighted by Gasteiger charge is -2.29. The number of carbonyl (C=O) groups is 1. The number of morpholine rings is 1. The van der Waals surface area contributed by atoms with Gasteiger partial charge in [-0.05, 0) is 60.4 Å². The molecule has 3 aromatic carbocycles. The van der Waals surface area contributed by atoms with Gasteiger partial charge in [-0.1, -0.05) is 30.3 Å². The molecule has 196 valence electrons. The Kier molecular flexibility index (Phi) is 9.22. The molecule has 0 radical (unpaired) electrons. The summed E-state index contributed by atoms with van der Waals surface area (Å²) in [7, 11) is 1.58. The van der Waals surface area contributed by atoms with E-state index in [0.29, 0.717) is 43.0 Å². The molecule has 37 heavy (non-hydrogen) atoms. The highest BCUT2D eigenvalue weighted by molar-refractivity contribution is 5.92. The Morgan fingerprint density at radius 1 is 1.11 bits per heavy atom. The zero-order chi connectivity index (χ0) is 26.2. The van der Waals surface area contributed by atoms with Gasteiger partial charge in [0.1, 0.15) is 17.4 Å². The highest BCUT2D eigenvalue weighted by Crippen LogP contribution is 2.31. The Bertz CT molecular complexity index is 1160. The predicted molar refractivity (Wildman–Crippen MR) is 138 cm³/mol. The zero-order valence-corrected chi connectivity index (χ0v) is 20.8. The van der Waals surface area contributed by atoms with E-state index in [1.165, 1.54) is 18.2 Å². The molecule has 0 aliphatic carbocycles. The number of ether oxygens (including phenoxy) is 2. The highest BCUT2D eigenvalue weighted by atomic mass is 19.1. The molecule has 0 bridgehead atoms. The quantitative estimate of drug-likeness (QED) is 0.377. The van der Waals surface area contributed by atoms with Crippen molar-refractivity contribution in [2.45, 2.75) is 37.3 Å². The molecular formula is C29H32F2N2O4. The number of anilines is 1. The maximum Gasteiger partial charge on any atom is 0.225 e. The normalized spacial score (nSPS) is 18.3. The Morgan fingerprint density at radius 3 is 2.43 bits per heavy atom. The summed E-state index contributed by atoms with van der Waals surface area (Å²) in [5, 5.41) is 15.3. The number of aliphatic hydroxyl groups is 1. The molecule has 6 nitrogen and oxygen atoms in total. The molecule has 3 aromatic rings. The number of hydrogen-bond donors (Lipinski definition) is 3. The van der Waals surface area contributed by atoms with Crippen LogP contribution in [-0.2, 0) is 16.0 Å². The molecule has 1 fully saturated rings. The summed E-state index contributed by atoms with van der Waals surface area (Å²) in [6.45, 7) is 0.979. The van der Waals surface area contributed by atoms with Crippen LogP contribution < -0.4 is 15.4 Å². The van der Waals surface area contributed by atoms with E-state index in [1.807, 2.05) is 24.3 Å². The molecule has 0 spiro atoms. The molecule has 0 saturated carbocycles. The number of nitrogens with one attached hydrogen (secondary N) is 2. The molecule has 0 aromatic heterocycles. The lowest BCUT2D eigenvalue weighted by molar-refractivity contribution is -0.116. The van der Waals surface area contributed by atoms with Crippen molar-refractivity contribution in [3.8, 4) is 5.75 Å². The fourth-order valence-corrected chi connectivity index (χ4v) is 4.55. The molecule has 0 unspecified atom stereocenters. The Hall–Kier alpha value is -3.33. The van der Waals surface area contributed by atoms with E-state index in [1.54, 1.807) is 31.4 Å². The van der Waals surface area contributed by atoms with Crippen molar-refractivity contribution in [3.63, 3.8) is 0 Å². The van der Waals surface area contributed by atoms with E-state index in [4.69, 9.17) is 9.47 Å². The average Bonchev–Trinajstić information content (AvgIpc) is 2.92. The van der Waals surface area contributed by atoms with Gasteiger partial charge in [-0.25, -0.2) is 8.78 Å². The van der Waals surface area contributed by atoms with Crippen molar-refractivity contribution >= 4 is 11.6 Å². The van der Waals surface area contributed by atoms with Gasteiger partial charge < -0.3 is 25.2 Å². The van der Waals surface area contributed by atoms with Gasteiger partial charge in [-0.15, -0.1) is 0 Å². The molecule has 1 heterocycles. The smallest absolute Gasteiger partial charge is 0.225 e. The molecule has 4 rings (SSSR count). The summed E-state index contributed by atoms with van der Waals surface area (Å²) in [5.41, 5.74) is 2.52. The SMILES string of the molecule is COc1ccc([C@H](CC(=O)Nc2cccc(F)c2CC[C@@H]2CN[C@H](CO)CO2)c2ccc(F)cc2)cc1. The minimum atomic E-state index is -0.389. The summed E-state index contributed by atoms with van der Waals surface area (Å²) < 4.78 is 39.4. The lowest BCUT2D eigenvalue weighted by atomic mass is 9.88. The van der Waals surface area contributed by atoms with Crippen LogP contribution in [0.5, 0.6) is 5.75 Å². The van der Waals surface area contributed by atoms with Crippen LogP contribution >= 0.6 is 0 Å². The molecule has 8 heteroatoms. The second-order valence-corrected chi connectivity index (χ2v) is 9.18. The minimum Gasteiger partial charge on any atom is -0.497 e. The molecule has 1 aliphatic rings. The van der Waals surface area contributed by atoms with Gasteiger partial charge in [0, 0.05) is 30.1 Å². The summed E-state index contributed by atoms with van der Waals surface area (Å²) in [6, 6.07) is 18.1. The third-order valence-electron chi connectivity index (χ3n) is 6.68. The monoisotopic (exact) mass is 510 g/mol. The van der Waals surface area contributed by atoms with Crippen LogP contribution in [0.25, 0.3) is 0 Å². The maximum atomic E-state index is 14.8. The fraction of sp³-hybridized carbons (Fsp3) is 0.345. The van der Waals surface area contributed by atoms with E-state index in [2.05, 4.69) is 10.6 Å². The standard InChI is InChI=1S/C29H32F2N2O4/c1-36-23-11-7-20(8-12-23)26(19-5-9-21(30)10-6-19)15-29(35)33-28-4-2-3-27(31)25(28)14-13-24-16-32-22(17-34)18-37-24/h2-12,22,24,26,32,34H,13-18H2,1H3,(H,33,35)/t22-,24-,26-/m1/s1. The van der Waals surface area contributed by atoms with E-state index in [0.717, 1.165) is 11.1 Å².